The molecule has 6 aliphatic rings. The number of carbonyl (C=O) groups is 6. The highest BCUT2D eigenvalue weighted by Crippen LogP contribution is 2.60. The van der Waals surface area contributed by atoms with Crippen LogP contribution in [0.15, 0.2) is 64.1 Å². The number of aromatic hydroxyl groups is 2. The van der Waals surface area contributed by atoms with Gasteiger partial charge >= 0.3 is 0 Å². The van der Waals surface area contributed by atoms with Gasteiger partial charge in [-0.15, -0.1) is 0 Å². The molecule has 0 bridgehead atoms. The third kappa shape index (κ3) is 6.04. The average Bonchev–Trinajstić information content (AvgIpc) is 3.19. The third-order valence-corrected chi connectivity index (χ3v) is 14.4. The topological polar surface area (TPSA) is 363 Å². The Bertz CT molecular complexity index is 2720. The Morgan fingerprint density at radius 1 is 0.631 bits per heavy atom. The Hall–Kier alpha value is -6.13. The standard InChI is InChI=1S/C22H23ClN2O8.C22H24N2O8/c1-21(32)7-6-8-15(25(2)3)17(28)13(20(24)31)19(30)22(8,33)18(29)11(7)16(27)12-10(26)5-4-9(23)14(12)21;1-21(31)8-5-4-6-11(25)12(8)16(26)13-9(21)7-10-15(24(2)3)17(27)14(20(23)30)19(29)22(10,32)18(13)28/h4-5,7-8,15,26-27,30,32-33H,6H2,1-3H3,(H2,24,31);4-6,9-10,15,25-26,29,31-32H,7H2,1-3H3,(H2,23,30)/t7-,8-,15-,21-,22-;9-,10-,15-,21+,22-/m00/s1. The SMILES string of the molecule is CN(C)[C@@H]1C(=O)C(C(N)=O)=C(O)[C@@]2(O)C(=O)C3=C(O)c4c(O)ccc(Cl)c4[C@@](C)(O)[C@H]3C[C@@H]12.CN(C)[C@@H]1C(=O)C(C(N)=O)=C(O)[C@@]2(O)C(=O)C3=C(O)c4c(O)cccc4[C@@](C)(O)[C@H]3C[C@@H]12. The first-order valence-corrected chi connectivity index (χ1v) is 20.4. The first-order chi connectivity index (χ1) is 30.0. The molecular weight excluding hydrogens is 876 g/mol. The summed E-state index contributed by atoms with van der Waals surface area (Å²) in [5, 5.41) is 110. The summed E-state index contributed by atoms with van der Waals surface area (Å²) >= 11 is 6.28. The molecule has 14 N–H and O–H groups in total. The molecule has 2 saturated carbocycles. The molecule has 10 atom stereocenters. The number of aliphatic hydroxyl groups is 8. The van der Waals surface area contributed by atoms with E-state index in [4.69, 9.17) is 23.1 Å². The number of carbonyl (C=O) groups excluding carboxylic acids is 6. The molecule has 346 valence electrons. The summed E-state index contributed by atoms with van der Waals surface area (Å²) in [4.78, 5) is 80.1. The fourth-order valence-electron chi connectivity index (χ4n) is 11.1. The second kappa shape index (κ2) is 15.0. The monoisotopic (exact) mass is 922 g/mol. The zero-order valence-corrected chi connectivity index (χ0v) is 36.4. The number of benzene rings is 2. The number of phenols is 2. The van der Waals surface area contributed by atoms with Crippen LogP contribution in [0.25, 0.3) is 11.5 Å². The normalized spacial score (nSPS) is 34.0. The number of nitrogens with two attached hydrogens (primary N) is 2. The first kappa shape index (κ1) is 46.9. The predicted molar refractivity (Wildman–Crippen MR) is 225 cm³/mol. The molecule has 0 aliphatic heterocycles. The van der Waals surface area contributed by atoms with E-state index in [1.54, 1.807) is 0 Å². The van der Waals surface area contributed by atoms with Gasteiger partial charge in [0.15, 0.2) is 22.8 Å². The summed E-state index contributed by atoms with van der Waals surface area (Å²) in [6.45, 7) is 2.74. The Kier molecular flexibility index (Phi) is 10.8. The largest absolute Gasteiger partial charge is 0.508 e. The Morgan fingerprint density at radius 3 is 1.45 bits per heavy atom. The summed E-state index contributed by atoms with van der Waals surface area (Å²) in [6, 6.07) is 4.26. The molecule has 2 aromatic carbocycles. The maximum absolute atomic E-state index is 13.7. The number of amides is 2. The number of hydrogen-bond acceptors (Lipinski definition) is 18. The summed E-state index contributed by atoms with van der Waals surface area (Å²) in [5.74, 6) is -16.2. The van der Waals surface area contributed by atoms with E-state index in [0.29, 0.717) is 0 Å². The van der Waals surface area contributed by atoms with Gasteiger partial charge in [-0.25, -0.2) is 0 Å². The molecule has 0 unspecified atom stereocenters. The number of ketones is 4. The number of rotatable bonds is 4. The Balaban J connectivity index is 0.000000194. The van der Waals surface area contributed by atoms with Gasteiger partial charge in [0.05, 0.1) is 34.4 Å². The quantitative estimate of drug-likeness (QED) is 0.178. The Morgan fingerprint density at radius 2 is 1.03 bits per heavy atom. The number of nitrogens with zero attached hydrogens (tertiary/aromatic N) is 2. The van der Waals surface area contributed by atoms with Gasteiger partial charge in [-0.05, 0) is 78.6 Å². The minimum Gasteiger partial charge on any atom is -0.508 e. The van der Waals surface area contributed by atoms with E-state index >= 15 is 0 Å². The lowest BCUT2D eigenvalue weighted by molar-refractivity contribution is -0.160. The van der Waals surface area contributed by atoms with Crippen molar-refractivity contribution in [3.8, 4) is 11.5 Å². The van der Waals surface area contributed by atoms with E-state index in [1.807, 2.05) is 0 Å². The molecule has 2 amide bonds. The summed E-state index contributed by atoms with van der Waals surface area (Å²) < 4.78 is 0. The number of phenolic OH excluding ortho intramolecular Hbond substituents is 2. The maximum atomic E-state index is 13.7. The molecule has 0 heterocycles. The van der Waals surface area contributed by atoms with Gasteiger partial charge in [0.25, 0.3) is 11.8 Å². The van der Waals surface area contributed by atoms with Crippen molar-refractivity contribution in [3.05, 3.63) is 91.4 Å². The highest BCUT2D eigenvalue weighted by atomic mass is 35.5. The molecule has 6 aliphatic carbocycles. The smallest absolute Gasteiger partial charge is 0.255 e. The second-order valence-corrected chi connectivity index (χ2v) is 18.4. The fourth-order valence-corrected chi connectivity index (χ4v) is 11.4. The lowest BCUT2D eigenvalue weighted by Gasteiger charge is -2.53. The second-order valence-electron chi connectivity index (χ2n) is 18.0. The van der Waals surface area contributed by atoms with Crippen LogP contribution in [-0.2, 0) is 40.0 Å². The molecule has 2 aromatic rings. The molecule has 8 rings (SSSR count). The van der Waals surface area contributed by atoms with Crippen LogP contribution in [0.3, 0.4) is 0 Å². The van der Waals surface area contributed by atoms with E-state index < -0.39 is 150 Å². The number of likely N-dealkylation sites (N-methyl/N-ethyl adjacent to an activating group) is 2. The van der Waals surface area contributed by atoms with Gasteiger partial charge in [-0.2, -0.15) is 0 Å². The van der Waals surface area contributed by atoms with Crippen molar-refractivity contribution in [2.75, 3.05) is 28.2 Å². The predicted octanol–water partition coefficient (Wildman–Crippen LogP) is -0.0886. The van der Waals surface area contributed by atoms with Gasteiger partial charge in [-0.3, -0.25) is 38.6 Å². The minimum atomic E-state index is -2.78. The summed E-state index contributed by atoms with van der Waals surface area (Å²) in [5.41, 5.74) is -1.65. The number of hydrogen-bond donors (Lipinski definition) is 12. The molecule has 21 heteroatoms. The zero-order valence-electron chi connectivity index (χ0n) is 35.6. The molecule has 0 aromatic heterocycles. The van der Waals surface area contributed by atoms with E-state index in [1.165, 1.54) is 82.2 Å². The van der Waals surface area contributed by atoms with Crippen molar-refractivity contribution in [1.29, 1.82) is 0 Å². The molecule has 20 nitrogen and oxygen atoms in total. The minimum absolute atomic E-state index is 0.0187. The van der Waals surface area contributed by atoms with Crippen molar-refractivity contribution in [1.82, 2.24) is 9.80 Å². The van der Waals surface area contributed by atoms with Gasteiger partial charge in [0.1, 0.15) is 45.7 Å². The van der Waals surface area contributed by atoms with Crippen LogP contribution in [0, 0.1) is 23.7 Å². The molecule has 0 radical (unpaired) electrons. The van der Waals surface area contributed by atoms with Gasteiger partial charge in [-0.1, -0.05) is 23.7 Å². The highest BCUT2D eigenvalue weighted by Gasteiger charge is 2.68. The number of Topliss-reactive ketones (excluding diaryl/α,β-unsaturated/α-hetero) is 4. The number of primary amides is 2. The van der Waals surface area contributed by atoms with Crippen molar-refractivity contribution in [2.24, 2.45) is 35.1 Å². The number of aliphatic hydroxyl groups excluding tert-OH is 4. The van der Waals surface area contributed by atoms with Crippen LogP contribution >= 0.6 is 11.6 Å². The first-order valence-electron chi connectivity index (χ1n) is 20.0. The molecule has 2 fully saturated rings. The summed E-state index contributed by atoms with van der Waals surface area (Å²) in [7, 11) is 5.98. The molecule has 0 spiro atoms. The van der Waals surface area contributed by atoms with Gasteiger partial charge in [0.2, 0.25) is 11.6 Å². The highest BCUT2D eigenvalue weighted by molar-refractivity contribution is 6.32. The maximum Gasteiger partial charge on any atom is 0.255 e. The van der Waals surface area contributed by atoms with E-state index in [0.717, 1.165) is 0 Å². The van der Waals surface area contributed by atoms with Crippen LogP contribution in [0.1, 0.15) is 48.9 Å². The van der Waals surface area contributed by atoms with Crippen molar-refractivity contribution in [2.45, 2.75) is 61.2 Å². The summed E-state index contributed by atoms with van der Waals surface area (Å²) in [6.07, 6.45) is -0.459. The van der Waals surface area contributed by atoms with Crippen LogP contribution in [0.4, 0.5) is 0 Å². The van der Waals surface area contributed by atoms with E-state index in [-0.39, 0.29) is 40.1 Å². The molecule has 65 heavy (non-hydrogen) atoms. The van der Waals surface area contributed by atoms with E-state index in [9.17, 15) is 79.8 Å². The van der Waals surface area contributed by atoms with Crippen LogP contribution in [-0.4, -0.2) is 147 Å². The van der Waals surface area contributed by atoms with Crippen molar-refractivity contribution in [3.63, 3.8) is 0 Å². The number of halogens is 1. The lowest BCUT2D eigenvalue weighted by Crippen LogP contribution is -2.67. The van der Waals surface area contributed by atoms with Crippen LogP contribution in [0.2, 0.25) is 5.02 Å². The Labute approximate surface area is 374 Å². The van der Waals surface area contributed by atoms with Crippen LogP contribution in [0.5, 0.6) is 11.5 Å². The van der Waals surface area contributed by atoms with E-state index in [2.05, 4.69) is 0 Å². The average molecular weight is 923 g/mol. The van der Waals surface area contributed by atoms with Crippen molar-refractivity contribution >= 4 is 58.1 Å². The van der Waals surface area contributed by atoms with Gasteiger partial charge in [0, 0.05) is 45.4 Å². The lowest BCUT2D eigenvalue weighted by atomic mass is 9.54. The molecule has 0 saturated heterocycles. The fraction of sp³-hybridized carbons (Fsp3) is 0.409. The molecular formula is C44H47ClN4O16. The van der Waals surface area contributed by atoms with Gasteiger partial charge < -0.3 is 62.5 Å². The third-order valence-electron chi connectivity index (χ3n) is 14.1. The van der Waals surface area contributed by atoms with Crippen molar-refractivity contribution < 1.29 is 79.8 Å². The number of fused-ring (bicyclic) bond motifs is 6. The zero-order chi connectivity index (χ0) is 48.7. The van der Waals surface area contributed by atoms with Crippen LogP contribution < -0.4 is 11.5 Å².